The highest BCUT2D eigenvalue weighted by Gasteiger charge is 2.07. The molecule has 3 aromatic carbocycles. The lowest BCUT2D eigenvalue weighted by atomic mass is 10.1. The average molecular weight is 398 g/mol. The van der Waals surface area contributed by atoms with E-state index in [1.54, 1.807) is 30.3 Å². The number of benzene rings is 3. The minimum atomic E-state index is -0.242. The Kier molecular flexibility index (Phi) is 7.04. The monoisotopic (exact) mass is 397 g/mol. The molecule has 3 rings (SSSR count). The third-order valence-corrected chi connectivity index (χ3v) is 4.66. The molecule has 0 saturated heterocycles. The number of halogens is 2. The van der Waals surface area contributed by atoms with Crippen molar-refractivity contribution in [3.05, 3.63) is 100 Å². The first-order valence-electron chi connectivity index (χ1n) is 9.11. The van der Waals surface area contributed by atoms with E-state index in [9.17, 15) is 9.18 Å². The largest absolute Gasteiger partial charge is 0.489 e. The van der Waals surface area contributed by atoms with Crippen LogP contribution >= 0.6 is 11.6 Å². The van der Waals surface area contributed by atoms with Gasteiger partial charge >= 0.3 is 0 Å². The second-order valence-corrected chi connectivity index (χ2v) is 6.80. The fourth-order valence-corrected chi connectivity index (χ4v) is 2.94. The van der Waals surface area contributed by atoms with Crippen LogP contribution in [0.4, 0.5) is 4.39 Å². The van der Waals surface area contributed by atoms with E-state index in [1.165, 1.54) is 12.1 Å². The summed E-state index contributed by atoms with van der Waals surface area (Å²) in [4.78, 5) is 12.3. The fourth-order valence-electron chi connectivity index (χ4n) is 2.75. The van der Waals surface area contributed by atoms with Gasteiger partial charge < -0.3 is 10.1 Å². The number of carbonyl (C=O) groups excluding carboxylic acids is 1. The van der Waals surface area contributed by atoms with Crippen LogP contribution in [-0.4, -0.2) is 12.5 Å². The molecule has 1 N–H and O–H groups in total. The average Bonchev–Trinajstić information content (AvgIpc) is 2.72. The summed E-state index contributed by atoms with van der Waals surface area (Å²) in [5.74, 6) is 0.217. The first kappa shape index (κ1) is 19.9. The van der Waals surface area contributed by atoms with Crippen LogP contribution in [0.15, 0.2) is 72.8 Å². The first-order valence-corrected chi connectivity index (χ1v) is 9.48. The van der Waals surface area contributed by atoms with Crippen LogP contribution in [0.1, 0.15) is 27.9 Å². The Bertz CT molecular complexity index is 928. The molecule has 0 aliphatic carbocycles. The van der Waals surface area contributed by atoms with E-state index in [-0.39, 0.29) is 11.7 Å². The van der Waals surface area contributed by atoms with E-state index in [2.05, 4.69) is 5.32 Å². The van der Waals surface area contributed by atoms with Gasteiger partial charge in [0.2, 0.25) is 0 Å². The third kappa shape index (κ3) is 5.83. The van der Waals surface area contributed by atoms with Crippen molar-refractivity contribution in [2.75, 3.05) is 6.54 Å². The van der Waals surface area contributed by atoms with E-state index in [0.29, 0.717) is 29.5 Å². The smallest absolute Gasteiger partial charge is 0.251 e. The standard InChI is InChI=1S/C23H21ClFNO2/c24-22-9-2-1-6-19(22)16-28-21-8-3-7-18(15-21)23(27)26-14-4-5-17-10-12-20(25)13-11-17/h1-3,6-13,15H,4-5,14,16H2,(H,26,27). The van der Waals surface area contributed by atoms with Crippen molar-refractivity contribution in [2.45, 2.75) is 19.4 Å². The van der Waals surface area contributed by atoms with Crippen molar-refractivity contribution in [3.63, 3.8) is 0 Å². The van der Waals surface area contributed by atoms with Crippen LogP contribution in [-0.2, 0) is 13.0 Å². The maximum Gasteiger partial charge on any atom is 0.251 e. The normalized spacial score (nSPS) is 10.5. The topological polar surface area (TPSA) is 38.3 Å². The van der Waals surface area contributed by atoms with Gasteiger partial charge in [0.1, 0.15) is 18.2 Å². The van der Waals surface area contributed by atoms with Gasteiger partial charge in [-0.1, -0.05) is 48.0 Å². The van der Waals surface area contributed by atoms with Gasteiger partial charge in [0.15, 0.2) is 0 Å². The van der Waals surface area contributed by atoms with Gasteiger partial charge in [-0.15, -0.1) is 0 Å². The van der Waals surface area contributed by atoms with Gasteiger partial charge in [0, 0.05) is 22.7 Å². The summed E-state index contributed by atoms with van der Waals surface area (Å²) in [6.07, 6.45) is 1.56. The molecule has 0 atom stereocenters. The minimum Gasteiger partial charge on any atom is -0.489 e. The molecule has 0 fully saturated rings. The molecular weight excluding hydrogens is 377 g/mol. The van der Waals surface area contributed by atoms with Crippen molar-refractivity contribution in [3.8, 4) is 5.75 Å². The van der Waals surface area contributed by atoms with Gasteiger partial charge in [-0.05, 0) is 54.8 Å². The van der Waals surface area contributed by atoms with Crippen LogP contribution in [0.3, 0.4) is 0 Å². The maximum atomic E-state index is 12.9. The lowest BCUT2D eigenvalue weighted by Gasteiger charge is -2.10. The Hall–Kier alpha value is -2.85. The van der Waals surface area contributed by atoms with E-state index in [0.717, 1.165) is 24.0 Å². The first-order chi connectivity index (χ1) is 13.6. The number of aryl methyl sites for hydroxylation is 1. The molecule has 0 aliphatic heterocycles. The molecule has 3 aromatic rings. The van der Waals surface area contributed by atoms with Crippen molar-refractivity contribution < 1.29 is 13.9 Å². The van der Waals surface area contributed by atoms with E-state index < -0.39 is 0 Å². The van der Waals surface area contributed by atoms with Gasteiger partial charge in [-0.2, -0.15) is 0 Å². The molecular formula is C23H21ClFNO2. The zero-order chi connectivity index (χ0) is 19.8. The second-order valence-electron chi connectivity index (χ2n) is 6.39. The van der Waals surface area contributed by atoms with Gasteiger partial charge in [-0.25, -0.2) is 4.39 Å². The summed E-state index contributed by atoms with van der Waals surface area (Å²) < 4.78 is 18.7. The molecule has 0 radical (unpaired) electrons. The number of amides is 1. The molecule has 0 aromatic heterocycles. The quantitative estimate of drug-likeness (QED) is 0.515. The van der Waals surface area contributed by atoms with Crippen molar-refractivity contribution >= 4 is 17.5 Å². The summed E-state index contributed by atoms with van der Waals surface area (Å²) >= 11 is 6.13. The SMILES string of the molecule is O=C(NCCCc1ccc(F)cc1)c1cccc(OCc2ccccc2Cl)c1. The summed E-state index contributed by atoms with van der Waals surface area (Å²) in [5.41, 5.74) is 2.48. The van der Waals surface area contributed by atoms with E-state index in [1.807, 2.05) is 30.3 Å². The second kappa shape index (κ2) is 9.90. The molecule has 144 valence electrons. The highest BCUT2D eigenvalue weighted by Crippen LogP contribution is 2.19. The summed E-state index contributed by atoms with van der Waals surface area (Å²) in [6, 6.07) is 21.0. The molecule has 0 heterocycles. The maximum absolute atomic E-state index is 12.9. The molecule has 0 spiro atoms. The summed E-state index contributed by atoms with van der Waals surface area (Å²) in [5, 5.41) is 3.55. The number of nitrogens with one attached hydrogen (secondary N) is 1. The minimum absolute atomic E-state index is 0.151. The Morgan fingerprint density at radius 2 is 1.79 bits per heavy atom. The predicted molar refractivity (Wildman–Crippen MR) is 109 cm³/mol. The van der Waals surface area contributed by atoms with E-state index in [4.69, 9.17) is 16.3 Å². The third-order valence-electron chi connectivity index (χ3n) is 4.29. The Morgan fingerprint density at radius 1 is 1.00 bits per heavy atom. The number of carbonyl (C=O) groups is 1. The van der Waals surface area contributed by atoms with Crippen molar-refractivity contribution in [2.24, 2.45) is 0 Å². The lowest BCUT2D eigenvalue weighted by Crippen LogP contribution is -2.24. The number of hydrogen-bond donors (Lipinski definition) is 1. The Balaban J connectivity index is 1.48. The molecule has 5 heteroatoms. The summed E-state index contributed by atoms with van der Waals surface area (Å²) in [7, 11) is 0. The number of rotatable bonds is 8. The molecule has 3 nitrogen and oxygen atoms in total. The van der Waals surface area contributed by atoms with Crippen LogP contribution < -0.4 is 10.1 Å². The molecule has 1 amide bonds. The number of hydrogen-bond acceptors (Lipinski definition) is 2. The zero-order valence-corrected chi connectivity index (χ0v) is 16.1. The Labute approximate surface area is 169 Å². The Morgan fingerprint density at radius 3 is 2.57 bits per heavy atom. The van der Waals surface area contributed by atoms with Crippen LogP contribution in [0.5, 0.6) is 5.75 Å². The number of ether oxygens (including phenoxy) is 1. The van der Waals surface area contributed by atoms with Crippen molar-refractivity contribution in [1.29, 1.82) is 0 Å². The molecule has 0 aliphatic rings. The van der Waals surface area contributed by atoms with Crippen molar-refractivity contribution in [1.82, 2.24) is 5.32 Å². The lowest BCUT2D eigenvalue weighted by molar-refractivity contribution is 0.0952. The van der Waals surface area contributed by atoms with E-state index >= 15 is 0 Å². The van der Waals surface area contributed by atoms with Crippen LogP contribution in [0.25, 0.3) is 0 Å². The highest BCUT2D eigenvalue weighted by atomic mass is 35.5. The molecule has 28 heavy (non-hydrogen) atoms. The van der Waals surface area contributed by atoms with Crippen LogP contribution in [0, 0.1) is 5.82 Å². The highest BCUT2D eigenvalue weighted by molar-refractivity contribution is 6.31. The van der Waals surface area contributed by atoms with Gasteiger partial charge in [0.25, 0.3) is 5.91 Å². The van der Waals surface area contributed by atoms with Gasteiger partial charge in [0.05, 0.1) is 0 Å². The summed E-state index contributed by atoms with van der Waals surface area (Å²) in [6.45, 7) is 0.878. The zero-order valence-electron chi connectivity index (χ0n) is 15.3. The molecule has 0 unspecified atom stereocenters. The predicted octanol–water partition coefficient (Wildman–Crippen LogP) is 5.42. The van der Waals surface area contributed by atoms with Gasteiger partial charge in [-0.3, -0.25) is 4.79 Å². The van der Waals surface area contributed by atoms with Crippen LogP contribution in [0.2, 0.25) is 5.02 Å². The molecule has 0 saturated carbocycles. The fraction of sp³-hybridized carbons (Fsp3) is 0.174. The molecule has 0 bridgehead atoms.